The van der Waals surface area contributed by atoms with Crippen molar-refractivity contribution in [3.05, 3.63) is 70.2 Å². The number of hydrogen-bond donors (Lipinski definition) is 2. The van der Waals surface area contributed by atoms with Crippen molar-refractivity contribution in [3.63, 3.8) is 0 Å². The molecule has 25 heavy (non-hydrogen) atoms. The van der Waals surface area contributed by atoms with E-state index in [-0.39, 0.29) is 11.0 Å². The molecule has 0 radical (unpaired) electrons. The van der Waals surface area contributed by atoms with Gasteiger partial charge in [0, 0.05) is 15.7 Å². The maximum absolute atomic E-state index is 12.2. The minimum Gasteiger partial charge on any atom is -0.489 e. The summed E-state index contributed by atoms with van der Waals surface area (Å²) in [5, 5.41) is 5.87. The molecule has 0 aliphatic heterocycles. The number of ether oxygens (including phenoxy) is 1. The van der Waals surface area contributed by atoms with E-state index in [2.05, 4.69) is 33.1 Å². The number of aryl methyl sites for hydroxylation is 1. The van der Waals surface area contributed by atoms with Crippen LogP contribution < -0.4 is 15.4 Å². The molecule has 0 fully saturated rings. The summed E-state index contributed by atoms with van der Waals surface area (Å²) in [7, 11) is 0. The minimum absolute atomic E-state index is 0.234. The van der Waals surface area contributed by atoms with E-state index in [1.807, 2.05) is 44.2 Å². The Kier molecular flexibility index (Phi) is 6.73. The Morgan fingerprint density at radius 2 is 1.92 bits per heavy atom. The van der Waals surface area contributed by atoms with Gasteiger partial charge in [0.1, 0.15) is 12.4 Å². The van der Waals surface area contributed by atoms with Crippen molar-refractivity contribution in [3.8, 4) is 5.75 Å². The lowest BCUT2D eigenvalue weighted by Gasteiger charge is -2.11. The van der Waals surface area contributed by atoms with E-state index < -0.39 is 0 Å². The number of rotatable bonds is 5. The van der Waals surface area contributed by atoms with Gasteiger partial charge in [-0.05, 0) is 73.6 Å². The molecule has 2 rings (SSSR count). The molecule has 0 aliphatic carbocycles. The summed E-state index contributed by atoms with van der Waals surface area (Å²) in [6.45, 7) is 8.14. The molecule has 0 spiro atoms. The van der Waals surface area contributed by atoms with Crippen molar-refractivity contribution in [2.75, 3.05) is 11.9 Å². The predicted octanol–water partition coefficient (Wildman–Crippen LogP) is 4.84. The normalized spacial score (nSPS) is 10.0. The topological polar surface area (TPSA) is 50.4 Å². The largest absolute Gasteiger partial charge is 0.489 e. The number of halogens is 1. The molecule has 0 heterocycles. The molecule has 2 aromatic rings. The smallest absolute Gasteiger partial charge is 0.257 e. The zero-order valence-corrected chi connectivity index (χ0v) is 16.5. The Morgan fingerprint density at radius 3 is 2.52 bits per heavy atom. The minimum atomic E-state index is -0.264. The quantitative estimate of drug-likeness (QED) is 0.538. The van der Waals surface area contributed by atoms with Gasteiger partial charge in [-0.1, -0.05) is 28.6 Å². The molecule has 2 N–H and O–H groups in total. The third kappa shape index (κ3) is 5.99. The van der Waals surface area contributed by atoms with Crippen molar-refractivity contribution in [1.29, 1.82) is 0 Å². The van der Waals surface area contributed by atoms with Gasteiger partial charge < -0.3 is 10.1 Å². The van der Waals surface area contributed by atoms with Crippen LogP contribution in [-0.4, -0.2) is 17.6 Å². The molecule has 0 atom stereocenters. The summed E-state index contributed by atoms with van der Waals surface area (Å²) < 4.78 is 6.42. The summed E-state index contributed by atoms with van der Waals surface area (Å²) in [6, 6.07) is 12.7. The molecule has 0 saturated heterocycles. The summed E-state index contributed by atoms with van der Waals surface area (Å²) >= 11 is 8.61. The van der Waals surface area contributed by atoms with Crippen LogP contribution in [0.1, 0.15) is 22.8 Å². The summed E-state index contributed by atoms with van der Waals surface area (Å²) in [4.78, 5) is 12.2. The number of nitrogens with one attached hydrogen (secondary N) is 2. The third-order valence-electron chi connectivity index (χ3n) is 3.26. The standard InChI is InChI=1S/C19H19BrN2O2S/c1-12(2)11-24-16-8-6-15(7-9-16)21-19(25)22-18(23)14-5-4-13(3)17(20)10-14/h4-10H,1,11H2,2-3H3,(H2,21,22,23,25). The highest BCUT2D eigenvalue weighted by Crippen LogP contribution is 2.18. The summed E-state index contributed by atoms with van der Waals surface area (Å²) in [6.07, 6.45) is 0. The Morgan fingerprint density at radius 1 is 1.24 bits per heavy atom. The maximum atomic E-state index is 12.2. The zero-order chi connectivity index (χ0) is 18.4. The molecule has 0 unspecified atom stereocenters. The third-order valence-corrected chi connectivity index (χ3v) is 4.32. The van der Waals surface area contributed by atoms with Crippen LogP contribution in [0.5, 0.6) is 5.75 Å². The maximum Gasteiger partial charge on any atom is 0.257 e. The lowest BCUT2D eigenvalue weighted by atomic mass is 10.1. The summed E-state index contributed by atoms with van der Waals surface area (Å²) in [5.74, 6) is 0.479. The van der Waals surface area contributed by atoms with Gasteiger partial charge in [-0.3, -0.25) is 10.1 Å². The van der Waals surface area contributed by atoms with Crippen molar-refractivity contribution in [1.82, 2.24) is 5.32 Å². The number of carbonyl (C=O) groups is 1. The van der Waals surface area contributed by atoms with Crippen LogP contribution in [0, 0.1) is 6.92 Å². The highest BCUT2D eigenvalue weighted by atomic mass is 79.9. The van der Waals surface area contributed by atoms with Gasteiger partial charge in [0.15, 0.2) is 5.11 Å². The SMILES string of the molecule is C=C(C)COc1ccc(NC(=S)NC(=O)c2ccc(C)c(Br)c2)cc1. The first-order valence-corrected chi connectivity index (χ1v) is 8.81. The molecule has 1 amide bonds. The highest BCUT2D eigenvalue weighted by molar-refractivity contribution is 9.10. The van der Waals surface area contributed by atoms with Crippen molar-refractivity contribution in [2.24, 2.45) is 0 Å². The lowest BCUT2D eigenvalue weighted by molar-refractivity contribution is 0.0977. The van der Waals surface area contributed by atoms with Gasteiger partial charge in [-0.15, -0.1) is 0 Å². The molecule has 0 bridgehead atoms. The average Bonchev–Trinajstić information content (AvgIpc) is 2.56. The van der Waals surface area contributed by atoms with Crippen LogP contribution in [0.25, 0.3) is 0 Å². The fraction of sp³-hybridized carbons (Fsp3) is 0.158. The molecule has 6 heteroatoms. The van der Waals surface area contributed by atoms with Crippen LogP contribution >= 0.6 is 28.1 Å². The monoisotopic (exact) mass is 418 g/mol. The lowest BCUT2D eigenvalue weighted by Crippen LogP contribution is -2.34. The number of anilines is 1. The van der Waals surface area contributed by atoms with E-state index in [0.29, 0.717) is 12.2 Å². The van der Waals surface area contributed by atoms with E-state index in [4.69, 9.17) is 17.0 Å². The van der Waals surface area contributed by atoms with E-state index >= 15 is 0 Å². The van der Waals surface area contributed by atoms with Crippen LogP contribution in [0.4, 0.5) is 5.69 Å². The second-order valence-corrected chi connectivity index (χ2v) is 6.90. The first-order valence-electron chi connectivity index (χ1n) is 7.61. The molecular weight excluding hydrogens is 400 g/mol. The van der Waals surface area contributed by atoms with Crippen LogP contribution in [0.3, 0.4) is 0 Å². The van der Waals surface area contributed by atoms with E-state index in [9.17, 15) is 4.79 Å². The molecule has 4 nitrogen and oxygen atoms in total. The number of amides is 1. The van der Waals surface area contributed by atoms with Gasteiger partial charge in [-0.2, -0.15) is 0 Å². The molecule has 0 aromatic heterocycles. The fourth-order valence-electron chi connectivity index (χ4n) is 1.91. The number of carbonyl (C=O) groups excluding carboxylic acids is 1. The van der Waals surface area contributed by atoms with E-state index in [1.54, 1.807) is 12.1 Å². The summed E-state index contributed by atoms with van der Waals surface area (Å²) in [5.41, 5.74) is 3.31. The van der Waals surface area contributed by atoms with Crippen LogP contribution in [0.15, 0.2) is 59.1 Å². The zero-order valence-electron chi connectivity index (χ0n) is 14.1. The van der Waals surface area contributed by atoms with Crippen LogP contribution in [0.2, 0.25) is 0 Å². The van der Waals surface area contributed by atoms with E-state index in [1.165, 1.54) is 0 Å². The van der Waals surface area contributed by atoms with Crippen molar-refractivity contribution in [2.45, 2.75) is 13.8 Å². The van der Waals surface area contributed by atoms with E-state index in [0.717, 1.165) is 27.0 Å². The van der Waals surface area contributed by atoms with Crippen molar-refractivity contribution >= 4 is 44.9 Å². The number of benzene rings is 2. The Bertz CT molecular complexity index is 804. The molecule has 130 valence electrons. The van der Waals surface area contributed by atoms with Gasteiger partial charge in [0.2, 0.25) is 0 Å². The first-order chi connectivity index (χ1) is 11.8. The second kappa shape index (κ2) is 8.78. The second-order valence-electron chi connectivity index (χ2n) is 5.64. The van der Waals surface area contributed by atoms with Gasteiger partial charge in [0.05, 0.1) is 0 Å². The molecule has 2 aromatic carbocycles. The Hall–Kier alpha value is -2.18. The van der Waals surface area contributed by atoms with Gasteiger partial charge >= 0.3 is 0 Å². The molecule has 0 aliphatic rings. The molecular formula is C19H19BrN2O2S. The predicted molar refractivity (Wildman–Crippen MR) is 109 cm³/mol. The van der Waals surface area contributed by atoms with Gasteiger partial charge in [0.25, 0.3) is 5.91 Å². The van der Waals surface area contributed by atoms with Crippen molar-refractivity contribution < 1.29 is 9.53 Å². The van der Waals surface area contributed by atoms with Crippen LogP contribution in [-0.2, 0) is 0 Å². The Balaban J connectivity index is 1.92. The first kappa shape index (κ1) is 19.1. The average molecular weight is 419 g/mol. The van der Waals surface area contributed by atoms with Gasteiger partial charge in [-0.25, -0.2) is 0 Å². The highest BCUT2D eigenvalue weighted by Gasteiger charge is 2.09. The number of hydrogen-bond acceptors (Lipinski definition) is 3. The fourth-order valence-corrected chi connectivity index (χ4v) is 2.50. The number of thiocarbonyl (C=S) groups is 1. The Labute approximate surface area is 161 Å². The molecule has 0 saturated carbocycles.